The van der Waals surface area contributed by atoms with Gasteiger partial charge < -0.3 is 14.8 Å². The first-order valence-corrected chi connectivity index (χ1v) is 9.12. The van der Waals surface area contributed by atoms with Crippen molar-refractivity contribution in [3.05, 3.63) is 59.2 Å². The molecule has 2 rings (SSSR count). The maximum Gasteiger partial charge on any atom is 0.261 e. The van der Waals surface area contributed by atoms with Gasteiger partial charge in [-0.1, -0.05) is 42.3 Å². The summed E-state index contributed by atoms with van der Waals surface area (Å²) in [6.07, 6.45) is 0.0863. The Morgan fingerprint density at radius 3 is 2.31 bits per heavy atom. The number of rotatable bonds is 8. The summed E-state index contributed by atoms with van der Waals surface area (Å²) in [5.74, 6) is 1.43. The van der Waals surface area contributed by atoms with Gasteiger partial charge in [-0.25, -0.2) is 0 Å². The summed E-state index contributed by atoms with van der Waals surface area (Å²) in [4.78, 5) is 12.5. The van der Waals surface area contributed by atoms with Crippen LogP contribution >= 0.6 is 0 Å². The van der Waals surface area contributed by atoms with Crippen LogP contribution in [-0.2, 0) is 4.79 Å². The lowest BCUT2D eigenvalue weighted by molar-refractivity contribution is -0.129. The summed E-state index contributed by atoms with van der Waals surface area (Å²) in [6, 6.07) is 13.7. The van der Waals surface area contributed by atoms with E-state index in [1.54, 1.807) is 0 Å². The number of nitrogens with one attached hydrogen (secondary N) is 1. The molecule has 0 radical (unpaired) electrons. The smallest absolute Gasteiger partial charge is 0.261 e. The first-order chi connectivity index (χ1) is 12.4. The predicted molar refractivity (Wildman–Crippen MR) is 105 cm³/mol. The van der Waals surface area contributed by atoms with E-state index in [0.717, 1.165) is 17.1 Å². The van der Waals surface area contributed by atoms with Gasteiger partial charge in [-0.05, 0) is 57.9 Å². The second kappa shape index (κ2) is 9.27. The van der Waals surface area contributed by atoms with Crippen LogP contribution in [0.1, 0.15) is 37.0 Å². The molecule has 0 bridgehead atoms. The lowest BCUT2D eigenvalue weighted by Crippen LogP contribution is -2.44. The highest BCUT2D eigenvalue weighted by Crippen LogP contribution is 2.21. The van der Waals surface area contributed by atoms with Crippen molar-refractivity contribution in [1.29, 1.82) is 0 Å². The Labute approximate surface area is 156 Å². The topological polar surface area (TPSA) is 47.6 Å². The minimum absolute atomic E-state index is 0.111. The van der Waals surface area contributed by atoms with Gasteiger partial charge in [-0.2, -0.15) is 0 Å². The molecule has 0 heterocycles. The molecule has 0 unspecified atom stereocenters. The van der Waals surface area contributed by atoms with E-state index < -0.39 is 6.10 Å². The number of hydrogen-bond acceptors (Lipinski definition) is 3. The molecule has 1 N–H and O–H groups in total. The van der Waals surface area contributed by atoms with Crippen LogP contribution in [0.4, 0.5) is 0 Å². The Hall–Kier alpha value is -2.49. The van der Waals surface area contributed by atoms with Gasteiger partial charge in [0.25, 0.3) is 5.91 Å². The standard InChI is InChI=1S/C22H29NO3/c1-6-20(26-21-12-9-16(3)13-17(21)4)22(24)23-18(5)14-25-19-10-7-15(2)8-11-19/h7-13,18,20H,6,14H2,1-5H3,(H,23,24)/t18-,20-/m0/s1. The second-order valence-corrected chi connectivity index (χ2v) is 6.82. The Morgan fingerprint density at radius 2 is 1.69 bits per heavy atom. The molecule has 4 heteroatoms. The zero-order valence-electron chi connectivity index (χ0n) is 16.3. The minimum atomic E-state index is -0.516. The number of benzene rings is 2. The van der Waals surface area contributed by atoms with Crippen molar-refractivity contribution in [1.82, 2.24) is 5.32 Å². The van der Waals surface area contributed by atoms with Crippen LogP contribution in [0.15, 0.2) is 42.5 Å². The first kappa shape index (κ1) is 19.8. The van der Waals surface area contributed by atoms with Gasteiger partial charge >= 0.3 is 0 Å². The van der Waals surface area contributed by atoms with E-state index in [0.29, 0.717) is 13.0 Å². The Balaban J connectivity index is 1.87. The van der Waals surface area contributed by atoms with Gasteiger partial charge in [0, 0.05) is 0 Å². The molecule has 0 saturated carbocycles. The summed E-state index contributed by atoms with van der Waals surface area (Å²) in [6.45, 7) is 10.3. The predicted octanol–water partition coefficient (Wildman–Crippen LogP) is 4.35. The molecule has 26 heavy (non-hydrogen) atoms. The zero-order valence-corrected chi connectivity index (χ0v) is 16.3. The fourth-order valence-electron chi connectivity index (χ4n) is 2.64. The monoisotopic (exact) mass is 355 g/mol. The fourth-order valence-corrected chi connectivity index (χ4v) is 2.64. The van der Waals surface area contributed by atoms with Crippen LogP contribution in [-0.4, -0.2) is 24.7 Å². The molecule has 2 aromatic rings. The van der Waals surface area contributed by atoms with Crippen molar-refractivity contribution in [2.75, 3.05) is 6.61 Å². The number of amides is 1. The summed E-state index contributed by atoms with van der Waals surface area (Å²) in [5.41, 5.74) is 3.40. The summed E-state index contributed by atoms with van der Waals surface area (Å²) < 4.78 is 11.7. The first-order valence-electron chi connectivity index (χ1n) is 9.12. The summed E-state index contributed by atoms with van der Waals surface area (Å²) in [7, 11) is 0. The molecule has 0 aliphatic heterocycles. The molecule has 1 amide bonds. The van der Waals surface area contributed by atoms with E-state index in [9.17, 15) is 4.79 Å². The van der Waals surface area contributed by atoms with Crippen LogP contribution in [0.2, 0.25) is 0 Å². The van der Waals surface area contributed by atoms with E-state index in [1.807, 2.05) is 71.0 Å². The summed E-state index contributed by atoms with van der Waals surface area (Å²) in [5, 5.41) is 2.97. The van der Waals surface area contributed by atoms with Gasteiger partial charge in [-0.3, -0.25) is 4.79 Å². The van der Waals surface area contributed by atoms with Crippen LogP contribution in [0, 0.1) is 20.8 Å². The molecule has 4 nitrogen and oxygen atoms in total. The average Bonchev–Trinajstić information content (AvgIpc) is 2.60. The highest BCUT2D eigenvalue weighted by Gasteiger charge is 2.21. The number of ether oxygens (including phenoxy) is 2. The normalized spacial score (nSPS) is 13.0. The number of carbonyl (C=O) groups is 1. The van der Waals surface area contributed by atoms with Gasteiger partial charge in [-0.15, -0.1) is 0 Å². The molecule has 0 fully saturated rings. The van der Waals surface area contributed by atoms with Crippen molar-refractivity contribution in [2.45, 2.75) is 53.2 Å². The molecule has 0 aliphatic rings. The highest BCUT2D eigenvalue weighted by atomic mass is 16.5. The van der Waals surface area contributed by atoms with Crippen LogP contribution < -0.4 is 14.8 Å². The maximum atomic E-state index is 12.5. The minimum Gasteiger partial charge on any atom is -0.491 e. The van der Waals surface area contributed by atoms with E-state index in [2.05, 4.69) is 11.4 Å². The number of aryl methyl sites for hydroxylation is 3. The van der Waals surface area contributed by atoms with Gasteiger partial charge in [0.05, 0.1) is 6.04 Å². The van der Waals surface area contributed by atoms with Crippen LogP contribution in [0.5, 0.6) is 11.5 Å². The maximum absolute atomic E-state index is 12.5. The van der Waals surface area contributed by atoms with Gasteiger partial charge in [0.1, 0.15) is 18.1 Å². The van der Waals surface area contributed by atoms with Crippen LogP contribution in [0.25, 0.3) is 0 Å². The van der Waals surface area contributed by atoms with E-state index >= 15 is 0 Å². The van der Waals surface area contributed by atoms with Crippen molar-refractivity contribution in [2.24, 2.45) is 0 Å². The third-order valence-electron chi connectivity index (χ3n) is 4.17. The third-order valence-corrected chi connectivity index (χ3v) is 4.17. The van der Waals surface area contributed by atoms with E-state index in [4.69, 9.17) is 9.47 Å². The molecule has 0 saturated heterocycles. The number of hydrogen-bond donors (Lipinski definition) is 1. The fraction of sp³-hybridized carbons (Fsp3) is 0.409. The molecular formula is C22H29NO3. The molecule has 2 atom stereocenters. The molecule has 2 aromatic carbocycles. The third kappa shape index (κ3) is 5.80. The van der Waals surface area contributed by atoms with Crippen molar-refractivity contribution in [3.8, 4) is 11.5 Å². The Morgan fingerprint density at radius 1 is 1.04 bits per heavy atom. The molecule has 0 spiro atoms. The quantitative estimate of drug-likeness (QED) is 0.766. The molecule has 140 valence electrons. The van der Waals surface area contributed by atoms with E-state index in [1.165, 1.54) is 11.1 Å². The van der Waals surface area contributed by atoms with Crippen molar-refractivity contribution in [3.63, 3.8) is 0 Å². The Kier molecular flexibility index (Phi) is 7.07. The average molecular weight is 355 g/mol. The SMILES string of the molecule is CC[C@H](Oc1ccc(C)cc1C)C(=O)N[C@@H](C)COc1ccc(C)cc1. The van der Waals surface area contributed by atoms with Crippen molar-refractivity contribution >= 4 is 5.91 Å². The molecule has 0 aromatic heterocycles. The zero-order chi connectivity index (χ0) is 19.1. The lowest BCUT2D eigenvalue weighted by Gasteiger charge is -2.21. The van der Waals surface area contributed by atoms with Crippen LogP contribution in [0.3, 0.4) is 0 Å². The molecular weight excluding hydrogens is 326 g/mol. The van der Waals surface area contributed by atoms with Gasteiger partial charge in [0.15, 0.2) is 6.10 Å². The van der Waals surface area contributed by atoms with Crippen molar-refractivity contribution < 1.29 is 14.3 Å². The highest BCUT2D eigenvalue weighted by molar-refractivity contribution is 5.81. The second-order valence-electron chi connectivity index (χ2n) is 6.82. The molecule has 0 aliphatic carbocycles. The van der Waals surface area contributed by atoms with E-state index in [-0.39, 0.29) is 11.9 Å². The Bertz CT molecular complexity index is 725. The summed E-state index contributed by atoms with van der Waals surface area (Å²) >= 11 is 0. The number of carbonyl (C=O) groups excluding carboxylic acids is 1. The lowest BCUT2D eigenvalue weighted by atomic mass is 10.1. The van der Waals surface area contributed by atoms with Gasteiger partial charge in [0.2, 0.25) is 0 Å². The largest absolute Gasteiger partial charge is 0.491 e.